The first-order valence-electron chi connectivity index (χ1n) is 9.33. The van der Waals surface area contributed by atoms with E-state index in [9.17, 15) is 9.59 Å². The van der Waals surface area contributed by atoms with Crippen LogP contribution in [0.3, 0.4) is 0 Å². The van der Waals surface area contributed by atoms with Crippen LogP contribution in [-0.2, 0) is 20.9 Å². The number of carbonyl (C=O) groups excluding carboxylic acids is 2. The van der Waals surface area contributed by atoms with E-state index in [2.05, 4.69) is 14.8 Å². The molecule has 0 radical (unpaired) electrons. The van der Waals surface area contributed by atoms with Crippen LogP contribution >= 0.6 is 11.3 Å². The Labute approximate surface area is 178 Å². The molecule has 3 rings (SSSR count). The number of methoxy groups -OCH3 is 1. The van der Waals surface area contributed by atoms with Gasteiger partial charge in [0.05, 0.1) is 23.5 Å². The first-order valence-corrected chi connectivity index (χ1v) is 10.2. The molecule has 1 saturated heterocycles. The Balaban J connectivity index is 1.50. The van der Waals surface area contributed by atoms with Crippen molar-refractivity contribution in [2.45, 2.75) is 25.4 Å². The van der Waals surface area contributed by atoms with E-state index in [4.69, 9.17) is 16.4 Å². The van der Waals surface area contributed by atoms with Crippen LogP contribution in [0.25, 0.3) is 0 Å². The molecule has 11 heteroatoms. The number of rotatable bonds is 6. The molecule has 2 aromatic rings. The van der Waals surface area contributed by atoms with E-state index >= 15 is 0 Å². The van der Waals surface area contributed by atoms with E-state index in [1.165, 1.54) is 23.4 Å². The van der Waals surface area contributed by atoms with Crippen LogP contribution in [0.2, 0.25) is 0 Å². The normalized spacial score (nSPS) is 14.7. The zero-order valence-corrected chi connectivity index (χ0v) is 17.4. The van der Waals surface area contributed by atoms with Gasteiger partial charge in [-0.3, -0.25) is 9.80 Å². The highest BCUT2D eigenvalue weighted by Crippen LogP contribution is 2.30. The maximum atomic E-state index is 11.9. The Hall–Kier alpha value is -3.18. The lowest BCUT2D eigenvalue weighted by atomic mass is 9.97. The molecule has 1 fully saturated rings. The molecule has 0 aliphatic carbocycles. The van der Waals surface area contributed by atoms with Gasteiger partial charge in [-0.25, -0.2) is 15.6 Å². The number of hydrazine groups is 1. The van der Waals surface area contributed by atoms with E-state index in [0.29, 0.717) is 25.4 Å². The molecule has 2 heterocycles. The van der Waals surface area contributed by atoms with E-state index in [1.807, 2.05) is 5.38 Å². The summed E-state index contributed by atoms with van der Waals surface area (Å²) in [6, 6.07) is 7.21. The number of hydrogen-bond donors (Lipinski definition) is 2. The third-order valence-corrected chi connectivity index (χ3v) is 5.83. The van der Waals surface area contributed by atoms with Crippen LogP contribution in [0.1, 0.15) is 29.5 Å². The average Bonchev–Trinajstić information content (AvgIpc) is 3.26. The number of ether oxygens (including phenoxy) is 2. The molecule has 1 aromatic heterocycles. The molecule has 1 amide bonds. The van der Waals surface area contributed by atoms with Crippen molar-refractivity contribution >= 4 is 35.2 Å². The summed E-state index contributed by atoms with van der Waals surface area (Å²) < 4.78 is 10.3. The Kier molecular flexibility index (Phi) is 7.20. The number of carbonyl (C=O) groups is 2. The van der Waals surface area contributed by atoms with Gasteiger partial charge in [0.25, 0.3) is 0 Å². The molecule has 0 atom stereocenters. The molecule has 0 unspecified atom stereocenters. The van der Waals surface area contributed by atoms with Crippen molar-refractivity contribution in [1.29, 1.82) is 0 Å². The molecule has 1 aliphatic heterocycles. The lowest BCUT2D eigenvalue weighted by molar-refractivity contribution is -0.158. The number of hydrazone groups is 1. The summed E-state index contributed by atoms with van der Waals surface area (Å²) in [5.41, 5.74) is 1.58. The zero-order valence-electron chi connectivity index (χ0n) is 16.6. The van der Waals surface area contributed by atoms with Gasteiger partial charge in [0, 0.05) is 24.4 Å². The summed E-state index contributed by atoms with van der Waals surface area (Å²) >= 11 is 1.59. The molecular formula is C19H24N6O4S. The lowest BCUT2D eigenvalue weighted by Crippen LogP contribution is -2.42. The number of thiazole rings is 1. The summed E-state index contributed by atoms with van der Waals surface area (Å²) in [7, 11) is 1.21. The zero-order chi connectivity index (χ0) is 21.5. The molecule has 1 aliphatic rings. The van der Waals surface area contributed by atoms with Crippen molar-refractivity contribution < 1.29 is 19.1 Å². The van der Waals surface area contributed by atoms with E-state index < -0.39 is 11.9 Å². The number of esters is 1. The van der Waals surface area contributed by atoms with Gasteiger partial charge >= 0.3 is 11.9 Å². The number of nitrogens with two attached hydrogens (primary N) is 2. The Morgan fingerprint density at radius 3 is 2.67 bits per heavy atom. The first-order chi connectivity index (χ1) is 14.5. The molecule has 0 bridgehead atoms. The number of amides is 1. The lowest BCUT2D eigenvalue weighted by Gasteiger charge is -2.30. The van der Waals surface area contributed by atoms with Gasteiger partial charge < -0.3 is 20.2 Å². The number of anilines is 1. The van der Waals surface area contributed by atoms with Gasteiger partial charge in [0.2, 0.25) is 0 Å². The molecule has 160 valence electrons. The second kappa shape index (κ2) is 10.0. The highest BCUT2D eigenvalue weighted by Gasteiger charge is 2.29. The van der Waals surface area contributed by atoms with E-state index in [1.54, 1.807) is 35.6 Å². The van der Waals surface area contributed by atoms with Crippen LogP contribution in [0.5, 0.6) is 5.75 Å². The number of piperidine rings is 1. The van der Waals surface area contributed by atoms with Gasteiger partial charge in [0.1, 0.15) is 18.7 Å². The second-order valence-corrected chi connectivity index (χ2v) is 7.58. The fourth-order valence-corrected chi connectivity index (χ4v) is 4.11. The topological polar surface area (TPSA) is 136 Å². The van der Waals surface area contributed by atoms with Crippen LogP contribution < -0.4 is 21.4 Å². The van der Waals surface area contributed by atoms with Crippen LogP contribution in [0, 0.1) is 0 Å². The van der Waals surface area contributed by atoms with Gasteiger partial charge in [-0.1, -0.05) is 0 Å². The predicted molar refractivity (Wildman–Crippen MR) is 113 cm³/mol. The summed E-state index contributed by atoms with van der Waals surface area (Å²) in [4.78, 5) is 29.5. The third kappa shape index (κ3) is 5.24. The van der Waals surface area contributed by atoms with Crippen LogP contribution in [-0.4, -0.2) is 48.3 Å². The van der Waals surface area contributed by atoms with E-state index in [-0.39, 0.29) is 5.92 Å². The van der Waals surface area contributed by atoms with Gasteiger partial charge in [-0.15, -0.1) is 11.3 Å². The number of hydrogen-bond acceptors (Lipinski definition) is 9. The minimum Gasteiger partial charge on any atom is -0.487 e. The summed E-state index contributed by atoms with van der Waals surface area (Å²) in [5.74, 6) is 10.4. The highest BCUT2D eigenvalue weighted by atomic mass is 32.1. The van der Waals surface area contributed by atoms with Crippen molar-refractivity contribution in [3.8, 4) is 5.75 Å². The third-order valence-electron chi connectivity index (χ3n) is 4.77. The van der Waals surface area contributed by atoms with Crippen molar-refractivity contribution in [1.82, 2.24) is 9.88 Å². The second-order valence-electron chi connectivity index (χ2n) is 6.69. The molecule has 0 saturated carbocycles. The first kappa shape index (κ1) is 21.5. The number of likely N-dealkylation sites (tertiary alicyclic amines) is 1. The SMILES string of the molecule is COC(=O)C(=O)N1CCC(c2nc(COc3ccc(N(N)/C=N\N)cc3)cs2)CC1. The fourth-order valence-electron chi connectivity index (χ4n) is 3.13. The largest absolute Gasteiger partial charge is 0.487 e. The average molecular weight is 433 g/mol. The number of nitrogens with zero attached hydrogens (tertiary/aromatic N) is 4. The molecule has 30 heavy (non-hydrogen) atoms. The number of benzene rings is 1. The maximum Gasteiger partial charge on any atom is 0.396 e. The Bertz CT molecular complexity index is 893. The molecule has 0 spiro atoms. The predicted octanol–water partition coefficient (Wildman–Crippen LogP) is 1.18. The molecular weight excluding hydrogens is 408 g/mol. The van der Waals surface area contributed by atoms with Crippen LogP contribution in [0.15, 0.2) is 34.7 Å². The quantitative estimate of drug-likeness (QED) is 0.173. The molecule has 4 N–H and O–H groups in total. The smallest absolute Gasteiger partial charge is 0.396 e. The van der Waals surface area contributed by atoms with Crippen LogP contribution in [0.4, 0.5) is 5.69 Å². The maximum absolute atomic E-state index is 11.9. The highest BCUT2D eigenvalue weighted by molar-refractivity contribution is 7.09. The fraction of sp³-hybridized carbons (Fsp3) is 0.368. The number of aromatic nitrogens is 1. The standard InChI is InChI=1S/C19H24N6O4S/c1-28-19(27)18(26)24-8-6-13(7-9-24)17-23-14(11-30-17)10-29-16-4-2-15(3-5-16)25(21)12-22-20/h2-5,11-13H,6-10,20-21H2,1H3/b22-12-. The summed E-state index contributed by atoms with van der Waals surface area (Å²) in [6.07, 6.45) is 2.84. The van der Waals surface area contributed by atoms with Crippen molar-refractivity contribution in [2.75, 3.05) is 25.2 Å². The van der Waals surface area contributed by atoms with Crippen molar-refractivity contribution in [3.63, 3.8) is 0 Å². The van der Waals surface area contributed by atoms with Crippen molar-refractivity contribution in [3.05, 3.63) is 40.3 Å². The summed E-state index contributed by atoms with van der Waals surface area (Å²) in [6.45, 7) is 1.39. The summed E-state index contributed by atoms with van der Waals surface area (Å²) in [5, 5.41) is 7.68. The van der Waals surface area contributed by atoms with Gasteiger partial charge in [-0.05, 0) is 37.1 Å². The minimum atomic E-state index is -0.818. The van der Waals surface area contributed by atoms with Gasteiger partial charge in [0.15, 0.2) is 0 Å². The molecule has 1 aromatic carbocycles. The minimum absolute atomic E-state index is 0.268. The van der Waals surface area contributed by atoms with Gasteiger partial charge in [-0.2, -0.15) is 5.10 Å². The molecule has 10 nitrogen and oxygen atoms in total. The Morgan fingerprint density at radius 2 is 2.03 bits per heavy atom. The Morgan fingerprint density at radius 1 is 1.33 bits per heavy atom. The van der Waals surface area contributed by atoms with Crippen molar-refractivity contribution in [2.24, 2.45) is 16.8 Å². The monoisotopic (exact) mass is 432 g/mol. The van der Waals surface area contributed by atoms with E-state index in [0.717, 1.165) is 29.2 Å².